The number of aromatic nitrogens is 2. The van der Waals surface area contributed by atoms with Crippen LogP contribution in [0.3, 0.4) is 0 Å². The number of carbonyl (C=O) groups is 2. The normalized spacial score (nSPS) is 17.1. The van der Waals surface area contributed by atoms with E-state index in [0.29, 0.717) is 36.3 Å². The van der Waals surface area contributed by atoms with Crippen LogP contribution in [0.25, 0.3) is 11.4 Å². The van der Waals surface area contributed by atoms with Gasteiger partial charge >= 0.3 is 6.03 Å². The summed E-state index contributed by atoms with van der Waals surface area (Å²) in [6, 6.07) is 8.75. The van der Waals surface area contributed by atoms with Crippen LogP contribution in [0.2, 0.25) is 0 Å². The minimum absolute atomic E-state index is 0.136. The van der Waals surface area contributed by atoms with Gasteiger partial charge in [-0.3, -0.25) is 4.79 Å². The van der Waals surface area contributed by atoms with Gasteiger partial charge in [-0.15, -0.1) is 0 Å². The number of amides is 3. The van der Waals surface area contributed by atoms with Gasteiger partial charge in [0, 0.05) is 49.5 Å². The van der Waals surface area contributed by atoms with Crippen molar-refractivity contribution in [3.63, 3.8) is 0 Å². The number of rotatable bonds is 4. The first kappa shape index (κ1) is 19.1. The van der Waals surface area contributed by atoms with E-state index < -0.39 is 0 Å². The fraction of sp³-hybridized carbons (Fsp3) is 0.400. The molecule has 0 bridgehead atoms. The van der Waals surface area contributed by atoms with Gasteiger partial charge in [-0.1, -0.05) is 0 Å². The Balaban J connectivity index is 1.48. The number of piperazine rings is 1. The molecule has 3 amide bonds. The molecular formula is C20H25N7O2. The second-order valence-electron chi connectivity index (χ2n) is 7.55. The summed E-state index contributed by atoms with van der Waals surface area (Å²) in [4.78, 5) is 37.3. The van der Waals surface area contributed by atoms with Crippen molar-refractivity contribution < 1.29 is 9.59 Å². The number of nitrogen functional groups attached to an aromatic ring is 1. The number of benzene rings is 1. The highest BCUT2D eigenvalue weighted by molar-refractivity contribution is 5.93. The van der Waals surface area contributed by atoms with Crippen LogP contribution in [0.5, 0.6) is 0 Å². The van der Waals surface area contributed by atoms with Crippen LogP contribution in [0.4, 0.5) is 16.3 Å². The van der Waals surface area contributed by atoms with Gasteiger partial charge in [-0.05, 0) is 44.2 Å². The number of nitrogens with zero attached hydrogens (tertiary/aromatic N) is 4. The summed E-state index contributed by atoms with van der Waals surface area (Å²) in [7, 11) is 2.04. The molecule has 1 saturated carbocycles. The van der Waals surface area contributed by atoms with Crippen LogP contribution < -0.4 is 16.4 Å². The average molecular weight is 395 g/mol. The van der Waals surface area contributed by atoms with Gasteiger partial charge in [0.15, 0.2) is 5.82 Å². The van der Waals surface area contributed by atoms with Crippen molar-refractivity contribution in [2.75, 3.05) is 44.3 Å². The van der Waals surface area contributed by atoms with E-state index in [2.05, 4.69) is 25.5 Å². The third kappa shape index (κ3) is 4.80. The summed E-state index contributed by atoms with van der Waals surface area (Å²) in [6.07, 6.45) is 2.07. The molecule has 1 aliphatic carbocycles. The Bertz CT molecular complexity index is 904. The first-order valence-electron chi connectivity index (χ1n) is 9.78. The van der Waals surface area contributed by atoms with E-state index in [1.54, 1.807) is 29.2 Å². The fourth-order valence-electron chi connectivity index (χ4n) is 3.16. The highest BCUT2D eigenvalue weighted by Crippen LogP contribution is 2.21. The molecule has 4 N–H and O–H groups in total. The molecular weight excluding hydrogens is 370 g/mol. The van der Waals surface area contributed by atoms with Crippen LogP contribution >= 0.6 is 0 Å². The Labute approximate surface area is 169 Å². The summed E-state index contributed by atoms with van der Waals surface area (Å²) in [6.45, 7) is 3.00. The average Bonchev–Trinajstić information content (AvgIpc) is 3.52. The van der Waals surface area contributed by atoms with Crippen LogP contribution in [0, 0.1) is 0 Å². The van der Waals surface area contributed by atoms with Gasteiger partial charge in [0.1, 0.15) is 11.5 Å². The Morgan fingerprint density at radius 3 is 2.41 bits per heavy atom. The quantitative estimate of drug-likeness (QED) is 0.720. The standard InChI is InChI=1S/C20H25N7O2/c1-26-8-10-27(11-9-26)19(28)16-12-17(21)25-18(24-16)13-2-4-14(5-3-13)22-20(29)23-15-6-7-15/h2-5,12,15H,6-11H2,1H3,(H2,21,24,25)(H2,22,23,29). The lowest BCUT2D eigenvalue weighted by atomic mass is 10.2. The molecule has 29 heavy (non-hydrogen) atoms. The molecule has 2 aliphatic rings. The zero-order valence-corrected chi connectivity index (χ0v) is 16.4. The SMILES string of the molecule is CN1CCN(C(=O)c2cc(N)nc(-c3ccc(NC(=O)NC4CC4)cc3)n2)CC1. The number of hydrogen-bond donors (Lipinski definition) is 3. The molecule has 1 aromatic heterocycles. The second kappa shape index (κ2) is 8.04. The molecule has 1 aliphatic heterocycles. The van der Waals surface area contributed by atoms with Crippen LogP contribution in [-0.2, 0) is 0 Å². The van der Waals surface area contributed by atoms with Crippen molar-refractivity contribution in [1.82, 2.24) is 25.1 Å². The first-order valence-corrected chi connectivity index (χ1v) is 9.78. The van der Waals surface area contributed by atoms with Gasteiger partial charge in [-0.2, -0.15) is 0 Å². The number of carbonyl (C=O) groups excluding carboxylic acids is 2. The lowest BCUT2D eigenvalue weighted by molar-refractivity contribution is 0.0658. The monoisotopic (exact) mass is 395 g/mol. The predicted molar refractivity (Wildman–Crippen MR) is 110 cm³/mol. The van der Waals surface area contributed by atoms with Gasteiger partial charge in [0.05, 0.1) is 0 Å². The molecule has 152 valence electrons. The summed E-state index contributed by atoms with van der Waals surface area (Å²) >= 11 is 0. The number of nitrogens with two attached hydrogens (primary N) is 1. The molecule has 2 aromatic rings. The minimum Gasteiger partial charge on any atom is -0.384 e. The number of nitrogens with one attached hydrogen (secondary N) is 2. The molecule has 9 nitrogen and oxygen atoms in total. The summed E-state index contributed by atoms with van der Waals surface area (Å²) in [5.41, 5.74) is 7.62. The predicted octanol–water partition coefficient (Wildman–Crippen LogP) is 1.40. The van der Waals surface area contributed by atoms with Gasteiger partial charge in [0.2, 0.25) is 0 Å². The topological polar surface area (TPSA) is 116 Å². The maximum atomic E-state index is 12.8. The second-order valence-corrected chi connectivity index (χ2v) is 7.55. The highest BCUT2D eigenvalue weighted by Gasteiger charge is 2.24. The lowest BCUT2D eigenvalue weighted by Gasteiger charge is -2.32. The molecule has 2 heterocycles. The summed E-state index contributed by atoms with van der Waals surface area (Å²) < 4.78 is 0. The minimum atomic E-state index is -0.208. The molecule has 1 saturated heterocycles. The van der Waals surface area contributed by atoms with Crippen molar-refractivity contribution >= 4 is 23.4 Å². The maximum absolute atomic E-state index is 12.8. The van der Waals surface area contributed by atoms with Crippen molar-refractivity contribution in [3.05, 3.63) is 36.0 Å². The number of urea groups is 1. The van der Waals surface area contributed by atoms with E-state index in [9.17, 15) is 9.59 Å². The van der Waals surface area contributed by atoms with E-state index in [1.165, 1.54) is 6.07 Å². The van der Waals surface area contributed by atoms with Gasteiger partial charge in [0.25, 0.3) is 5.91 Å². The van der Waals surface area contributed by atoms with E-state index in [4.69, 9.17) is 5.73 Å². The zero-order valence-electron chi connectivity index (χ0n) is 16.4. The zero-order chi connectivity index (χ0) is 20.4. The van der Waals surface area contributed by atoms with Gasteiger partial charge < -0.3 is 26.2 Å². The smallest absolute Gasteiger partial charge is 0.319 e. The lowest BCUT2D eigenvalue weighted by Crippen LogP contribution is -2.47. The Morgan fingerprint density at radius 2 is 1.76 bits per heavy atom. The third-order valence-electron chi connectivity index (χ3n) is 5.07. The van der Waals surface area contributed by atoms with E-state index in [0.717, 1.165) is 31.5 Å². The van der Waals surface area contributed by atoms with Crippen LogP contribution in [0.15, 0.2) is 30.3 Å². The van der Waals surface area contributed by atoms with E-state index >= 15 is 0 Å². The Morgan fingerprint density at radius 1 is 1.07 bits per heavy atom. The number of likely N-dealkylation sites (N-methyl/N-ethyl adjacent to an activating group) is 1. The van der Waals surface area contributed by atoms with Crippen molar-refractivity contribution in [2.24, 2.45) is 0 Å². The molecule has 4 rings (SSSR count). The van der Waals surface area contributed by atoms with Crippen molar-refractivity contribution in [2.45, 2.75) is 18.9 Å². The van der Waals surface area contributed by atoms with Crippen molar-refractivity contribution in [1.29, 1.82) is 0 Å². The Hall–Kier alpha value is -3.20. The van der Waals surface area contributed by atoms with Crippen LogP contribution in [0.1, 0.15) is 23.3 Å². The molecule has 0 spiro atoms. The third-order valence-corrected chi connectivity index (χ3v) is 5.07. The Kier molecular flexibility index (Phi) is 5.30. The largest absolute Gasteiger partial charge is 0.384 e. The van der Waals surface area contributed by atoms with Crippen LogP contribution in [-0.4, -0.2) is 71.0 Å². The number of hydrogen-bond acceptors (Lipinski definition) is 6. The molecule has 0 atom stereocenters. The summed E-state index contributed by atoms with van der Waals surface area (Å²) in [5, 5.41) is 5.67. The maximum Gasteiger partial charge on any atom is 0.319 e. The fourth-order valence-corrected chi connectivity index (χ4v) is 3.16. The molecule has 9 heteroatoms. The van der Waals surface area contributed by atoms with Gasteiger partial charge in [-0.25, -0.2) is 14.8 Å². The van der Waals surface area contributed by atoms with Crippen molar-refractivity contribution in [3.8, 4) is 11.4 Å². The molecule has 0 unspecified atom stereocenters. The van der Waals surface area contributed by atoms with E-state index in [1.807, 2.05) is 7.05 Å². The molecule has 2 fully saturated rings. The first-order chi connectivity index (χ1) is 14.0. The summed E-state index contributed by atoms with van der Waals surface area (Å²) in [5.74, 6) is 0.499. The molecule has 1 aromatic carbocycles. The highest BCUT2D eigenvalue weighted by atomic mass is 16.2. The molecule has 0 radical (unpaired) electrons. The number of anilines is 2. The van der Waals surface area contributed by atoms with E-state index in [-0.39, 0.29) is 17.8 Å².